The molecule has 1 aromatic carbocycles. The third-order valence-corrected chi connectivity index (χ3v) is 3.95. The summed E-state index contributed by atoms with van der Waals surface area (Å²) in [6, 6.07) is 6.25. The molecule has 0 saturated carbocycles. The predicted molar refractivity (Wildman–Crippen MR) is 98.0 cm³/mol. The lowest BCUT2D eigenvalue weighted by Gasteiger charge is -2.25. The monoisotopic (exact) mass is 350 g/mol. The van der Waals surface area contributed by atoms with Crippen LogP contribution in [0.5, 0.6) is 0 Å². The van der Waals surface area contributed by atoms with Crippen LogP contribution in [0.2, 0.25) is 0 Å². The number of carbonyl (C=O) groups excluding carboxylic acids is 3. The molecule has 0 aliphatic carbocycles. The van der Waals surface area contributed by atoms with Gasteiger partial charge in [-0.05, 0) is 37.8 Å². The van der Waals surface area contributed by atoms with E-state index >= 15 is 0 Å². The summed E-state index contributed by atoms with van der Waals surface area (Å²) < 4.78 is 0. The fourth-order valence-corrected chi connectivity index (χ4v) is 2.37. The van der Waals surface area contributed by atoms with Crippen LogP contribution in [-0.2, 0) is 20.9 Å². The fraction of sp³-hybridized carbons (Fsp3) is 0.526. The highest BCUT2D eigenvalue weighted by Crippen LogP contribution is 2.12. The summed E-state index contributed by atoms with van der Waals surface area (Å²) in [7, 11) is 1.00. The fourth-order valence-electron chi connectivity index (χ4n) is 2.37. The molecule has 2 rings (SSSR count). The number of hydrogen-bond acceptors (Lipinski definition) is 4. The number of amides is 2. The maximum Gasteiger partial charge on any atom is 0.217 e. The summed E-state index contributed by atoms with van der Waals surface area (Å²) in [5.41, 5.74) is 3.64. The number of nitrogens with zero attached hydrogens (tertiary/aromatic N) is 1. The van der Waals surface area contributed by atoms with E-state index < -0.39 is 0 Å². The number of rotatable bonds is 4. The van der Waals surface area contributed by atoms with E-state index in [1.54, 1.807) is 4.90 Å². The third-order valence-electron chi connectivity index (χ3n) is 3.95. The zero-order valence-electron chi connectivity index (χ0n) is 15.6. The number of aliphatic hydroxyl groups is 1. The van der Waals surface area contributed by atoms with Crippen LogP contribution in [-0.4, -0.2) is 48.8 Å². The lowest BCUT2D eigenvalue weighted by Crippen LogP contribution is -2.32. The van der Waals surface area contributed by atoms with Gasteiger partial charge in [0.1, 0.15) is 6.29 Å². The van der Waals surface area contributed by atoms with E-state index in [4.69, 9.17) is 5.11 Å². The van der Waals surface area contributed by atoms with Crippen LogP contribution >= 0.6 is 0 Å². The minimum Gasteiger partial charge on any atom is -0.400 e. The van der Waals surface area contributed by atoms with Crippen LogP contribution in [0.15, 0.2) is 18.2 Å². The van der Waals surface area contributed by atoms with Crippen molar-refractivity contribution in [1.29, 1.82) is 0 Å². The Labute approximate surface area is 150 Å². The van der Waals surface area contributed by atoms with Crippen molar-refractivity contribution in [3.8, 4) is 0 Å². The molecule has 0 spiro atoms. The first-order valence-electron chi connectivity index (χ1n) is 8.36. The topological polar surface area (TPSA) is 86.7 Å². The van der Waals surface area contributed by atoms with Crippen molar-refractivity contribution in [2.75, 3.05) is 20.2 Å². The van der Waals surface area contributed by atoms with E-state index in [9.17, 15) is 14.4 Å². The van der Waals surface area contributed by atoms with Gasteiger partial charge >= 0.3 is 0 Å². The number of aryl methyl sites for hydroxylation is 2. The average molecular weight is 350 g/mol. The van der Waals surface area contributed by atoms with Gasteiger partial charge in [0.05, 0.1) is 0 Å². The van der Waals surface area contributed by atoms with Crippen molar-refractivity contribution in [1.82, 2.24) is 10.2 Å². The van der Waals surface area contributed by atoms with E-state index in [0.717, 1.165) is 45.7 Å². The number of piperidine rings is 1. The highest BCUT2D eigenvalue weighted by molar-refractivity contribution is 5.72. The maximum absolute atomic E-state index is 10.7. The highest BCUT2D eigenvalue weighted by atomic mass is 16.2. The number of nitrogens with one attached hydrogen (secondary N) is 1. The van der Waals surface area contributed by atoms with Gasteiger partial charge in [0.25, 0.3) is 0 Å². The Morgan fingerprint density at radius 2 is 1.84 bits per heavy atom. The zero-order chi connectivity index (χ0) is 19.2. The van der Waals surface area contributed by atoms with Gasteiger partial charge in [0.2, 0.25) is 12.3 Å². The van der Waals surface area contributed by atoms with Gasteiger partial charge in [0.15, 0.2) is 0 Å². The second-order valence-electron chi connectivity index (χ2n) is 5.95. The normalized spacial score (nSPS) is 13.6. The molecule has 0 unspecified atom stereocenters. The van der Waals surface area contributed by atoms with Crippen LogP contribution in [0, 0.1) is 19.8 Å². The van der Waals surface area contributed by atoms with Gasteiger partial charge < -0.3 is 20.1 Å². The maximum atomic E-state index is 10.7. The molecule has 0 radical (unpaired) electrons. The Morgan fingerprint density at radius 3 is 2.32 bits per heavy atom. The highest BCUT2D eigenvalue weighted by Gasteiger charge is 2.16. The van der Waals surface area contributed by atoms with Crippen molar-refractivity contribution >= 4 is 18.6 Å². The number of benzene rings is 1. The first-order valence-corrected chi connectivity index (χ1v) is 8.36. The van der Waals surface area contributed by atoms with Gasteiger partial charge in [-0.2, -0.15) is 0 Å². The summed E-state index contributed by atoms with van der Waals surface area (Å²) in [5.74, 6) is 0.206. The van der Waals surface area contributed by atoms with E-state index in [0.29, 0.717) is 6.54 Å². The van der Waals surface area contributed by atoms with Crippen molar-refractivity contribution in [3.05, 3.63) is 34.9 Å². The van der Waals surface area contributed by atoms with Crippen molar-refractivity contribution in [2.45, 2.75) is 40.2 Å². The minimum absolute atomic E-state index is 0.0147. The summed E-state index contributed by atoms with van der Waals surface area (Å²) in [4.78, 5) is 32.9. The predicted octanol–water partition coefficient (Wildman–Crippen LogP) is 1.60. The third kappa shape index (κ3) is 9.62. The van der Waals surface area contributed by atoms with E-state index in [1.165, 1.54) is 23.6 Å². The molecule has 6 heteroatoms. The van der Waals surface area contributed by atoms with Gasteiger partial charge in [-0.15, -0.1) is 0 Å². The molecule has 1 saturated heterocycles. The van der Waals surface area contributed by atoms with Crippen LogP contribution < -0.4 is 5.32 Å². The molecule has 2 amide bonds. The lowest BCUT2D eigenvalue weighted by molar-refractivity contribution is -0.121. The molecule has 0 bridgehead atoms. The molecular weight excluding hydrogens is 320 g/mol. The number of likely N-dealkylation sites (tertiary alicyclic amines) is 1. The lowest BCUT2D eigenvalue weighted by atomic mass is 9.99. The number of hydrogen-bond donors (Lipinski definition) is 2. The molecule has 1 aromatic rings. The standard InChI is InChI=1S/C11H15NO.C7H11NO2.CH4O/c1-8-4-5-9(2)11(6-8)7-12-10(3)13;9-5-7-1-3-8(6-10)4-2-7;1-2/h4-6H,7H2,1-3H3,(H,12,13);5-7H,1-4H2;2H,1H3. The minimum atomic E-state index is 0.0147. The first-order chi connectivity index (χ1) is 12.0. The summed E-state index contributed by atoms with van der Waals surface area (Å²) in [5, 5.41) is 9.79. The molecule has 1 heterocycles. The molecule has 1 aliphatic rings. The van der Waals surface area contributed by atoms with Gasteiger partial charge in [-0.1, -0.05) is 23.8 Å². The number of carbonyl (C=O) groups is 3. The molecule has 0 atom stereocenters. The van der Waals surface area contributed by atoms with Crippen LogP contribution in [0.1, 0.15) is 36.5 Å². The zero-order valence-corrected chi connectivity index (χ0v) is 15.6. The van der Waals surface area contributed by atoms with Crippen LogP contribution in [0.3, 0.4) is 0 Å². The van der Waals surface area contributed by atoms with E-state index in [-0.39, 0.29) is 11.8 Å². The SMILES string of the molecule is CC(=O)NCc1cc(C)ccc1C.CO.O=CC1CCN(C=O)CC1. The molecule has 1 fully saturated rings. The van der Waals surface area contributed by atoms with Crippen molar-refractivity contribution in [3.63, 3.8) is 0 Å². The van der Waals surface area contributed by atoms with Crippen molar-refractivity contribution in [2.24, 2.45) is 5.92 Å². The Bertz CT molecular complexity index is 522. The Balaban J connectivity index is 0.000000430. The van der Waals surface area contributed by atoms with Gasteiger partial charge in [-0.3, -0.25) is 9.59 Å². The molecular formula is C19H30N2O4. The number of aliphatic hydroxyl groups excluding tert-OH is 1. The largest absolute Gasteiger partial charge is 0.400 e. The van der Waals surface area contributed by atoms with E-state index in [1.807, 2.05) is 0 Å². The van der Waals surface area contributed by atoms with Gasteiger partial charge in [0, 0.05) is 39.6 Å². The smallest absolute Gasteiger partial charge is 0.217 e. The van der Waals surface area contributed by atoms with Crippen molar-refractivity contribution < 1.29 is 19.5 Å². The summed E-state index contributed by atoms with van der Waals surface area (Å²) >= 11 is 0. The summed E-state index contributed by atoms with van der Waals surface area (Å²) in [6.07, 6.45) is 3.51. The van der Waals surface area contributed by atoms with Crippen LogP contribution in [0.4, 0.5) is 0 Å². The number of aldehydes is 1. The summed E-state index contributed by atoms with van der Waals surface area (Å²) in [6.45, 7) is 7.75. The second-order valence-corrected chi connectivity index (χ2v) is 5.95. The average Bonchev–Trinajstić information content (AvgIpc) is 2.64. The van der Waals surface area contributed by atoms with Crippen LogP contribution in [0.25, 0.3) is 0 Å². The quantitative estimate of drug-likeness (QED) is 0.808. The molecule has 0 aromatic heterocycles. The molecule has 25 heavy (non-hydrogen) atoms. The first kappa shape index (κ1) is 22.8. The second kappa shape index (κ2) is 13.1. The Kier molecular flexibility index (Phi) is 12.0. The van der Waals surface area contributed by atoms with E-state index in [2.05, 4.69) is 37.4 Å². The Hall–Kier alpha value is -2.21. The van der Waals surface area contributed by atoms with Gasteiger partial charge in [-0.25, -0.2) is 0 Å². The molecule has 2 N–H and O–H groups in total. The molecule has 1 aliphatic heterocycles. The molecule has 140 valence electrons. The Morgan fingerprint density at radius 1 is 1.24 bits per heavy atom. The molecule has 6 nitrogen and oxygen atoms in total.